The molecule has 5 heteroatoms. The Labute approximate surface area is 199 Å². The molecule has 170 valence electrons. The number of benzene rings is 1. The van der Waals surface area contributed by atoms with E-state index < -0.39 is 7.40 Å². The van der Waals surface area contributed by atoms with Crippen molar-refractivity contribution in [2.75, 3.05) is 0 Å². The van der Waals surface area contributed by atoms with Crippen LogP contribution in [0.2, 0.25) is 0 Å². The molecule has 1 aromatic carbocycles. The van der Waals surface area contributed by atoms with Crippen molar-refractivity contribution >= 4 is 18.7 Å². The van der Waals surface area contributed by atoms with E-state index in [1.165, 1.54) is 15.6 Å². The fourth-order valence-corrected chi connectivity index (χ4v) is 7.33. The highest BCUT2D eigenvalue weighted by atomic mass is 19.2. The summed E-state index contributed by atoms with van der Waals surface area (Å²) in [6.45, 7) is 3.98. The van der Waals surface area contributed by atoms with Crippen molar-refractivity contribution in [3.05, 3.63) is 99.6 Å². The van der Waals surface area contributed by atoms with E-state index in [4.69, 9.17) is 4.99 Å². The van der Waals surface area contributed by atoms with Crippen molar-refractivity contribution in [3.8, 4) is 0 Å². The van der Waals surface area contributed by atoms with Crippen LogP contribution in [0.5, 0.6) is 0 Å². The SMILES string of the molecule is CC1=N/C(=C(/c2ccccc2)c2c3c(c(C)n2B(F)F)C2C=CC3CC2)C2=C1C1C=CC2CC1. The molecule has 0 saturated heterocycles. The summed E-state index contributed by atoms with van der Waals surface area (Å²) in [5.74, 6) is 1.14. The first kappa shape index (κ1) is 20.4. The monoisotopic (exact) mass is 452 g/mol. The quantitative estimate of drug-likeness (QED) is 0.346. The third-order valence-corrected chi connectivity index (χ3v) is 8.70. The molecule has 0 spiro atoms. The van der Waals surface area contributed by atoms with Gasteiger partial charge in [-0.3, -0.25) is 13.6 Å². The predicted molar refractivity (Wildman–Crippen MR) is 134 cm³/mol. The van der Waals surface area contributed by atoms with Gasteiger partial charge >= 0.3 is 7.40 Å². The first-order valence-electron chi connectivity index (χ1n) is 12.5. The van der Waals surface area contributed by atoms with Gasteiger partial charge in [-0.1, -0.05) is 54.6 Å². The first-order valence-corrected chi connectivity index (χ1v) is 12.5. The van der Waals surface area contributed by atoms with Crippen molar-refractivity contribution < 1.29 is 8.63 Å². The number of aliphatic imine (C=N–C) groups is 1. The maximum atomic E-state index is 14.8. The summed E-state index contributed by atoms with van der Waals surface area (Å²) in [6.07, 6.45) is 13.5. The molecular weight excluding hydrogens is 425 g/mol. The van der Waals surface area contributed by atoms with Crippen molar-refractivity contribution in [3.63, 3.8) is 0 Å². The molecule has 0 amide bonds. The van der Waals surface area contributed by atoms with Crippen LogP contribution in [0.1, 0.15) is 72.5 Å². The summed E-state index contributed by atoms with van der Waals surface area (Å²) in [4.78, 5) is 5.15. The molecule has 4 atom stereocenters. The van der Waals surface area contributed by atoms with Crippen LogP contribution in [0, 0.1) is 18.8 Å². The van der Waals surface area contributed by atoms with Gasteiger partial charge in [-0.2, -0.15) is 0 Å². The molecule has 4 unspecified atom stereocenters. The number of allylic oxidation sites excluding steroid dienone is 6. The van der Waals surface area contributed by atoms with Crippen LogP contribution in [-0.4, -0.2) is 17.6 Å². The largest absolute Gasteiger partial charge is 0.677 e. The van der Waals surface area contributed by atoms with Crippen molar-refractivity contribution in [1.82, 2.24) is 4.48 Å². The first-order chi connectivity index (χ1) is 16.5. The molecule has 1 aliphatic heterocycles. The van der Waals surface area contributed by atoms with Gasteiger partial charge in [0.2, 0.25) is 0 Å². The summed E-state index contributed by atoms with van der Waals surface area (Å²) in [5, 5.41) is 0. The minimum Gasteiger partial charge on any atom is -0.329 e. The molecule has 9 rings (SSSR count). The highest BCUT2D eigenvalue weighted by Crippen LogP contribution is 2.54. The van der Waals surface area contributed by atoms with Crippen LogP contribution in [0.3, 0.4) is 0 Å². The fourth-order valence-electron chi connectivity index (χ4n) is 7.33. The van der Waals surface area contributed by atoms with E-state index in [1.807, 2.05) is 25.1 Å². The van der Waals surface area contributed by atoms with Gasteiger partial charge in [-0.25, -0.2) is 0 Å². The van der Waals surface area contributed by atoms with E-state index >= 15 is 0 Å². The van der Waals surface area contributed by atoms with Crippen LogP contribution < -0.4 is 0 Å². The summed E-state index contributed by atoms with van der Waals surface area (Å²) < 4.78 is 31.0. The number of aromatic nitrogens is 1. The molecule has 0 fully saturated rings. The lowest BCUT2D eigenvalue weighted by Crippen LogP contribution is -2.24. The summed E-state index contributed by atoms with van der Waals surface area (Å²) in [6, 6.07) is 10.1. The Morgan fingerprint density at radius 1 is 0.824 bits per heavy atom. The van der Waals surface area contributed by atoms with Gasteiger partial charge in [0.25, 0.3) is 0 Å². The zero-order chi connectivity index (χ0) is 23.1. The van der Waals surface area contributed by atoms with Crippen molar-refractivity contribution in [2.24, 2.45) is 16.8 Å². The van der Waals surface area contributed by atoms with E-state index in [1.54, 1.807) is 0 Å². The van der Waals surface area contributed by atoms with Crippen molar-refractivity contribution in [2.45, 2.75) is 51.4 Å². The van der Waals surface area contributed by atoms with Gasteiger partial charge in [0, 0.05) is 46.3 Å². The lowest BCUT2D eigenvalue weighted by Gasteiger charge is -2.34. The van der Waals surface area contributed by atoms with E-state index in [2.05, 4.69) is 43.4 Å². The third-order valence-electron chi connectivity index (χ3n) is 8.70. The standard InChI is InChI=1S/C29H27BF2N2/c1-16-23-19-8-12-21(13-9-19)25(23)28(33-16)27(18-6-4-3-5-7-18)29-26-22-14-10-20(11-15-22)24(26)17(2)34(29)30(31)32/h3-8,10,12,14,19-22H,9,11,13,15H2,1-2H3/b28-27-. The Kier molecular flexibility index (Phi) is 4.37. The minimum atomic E-state index is -2.60. The number of fused-ring (bicyclic) bond motifs is 2. The van der Waals surface area contributed by atoms with Crippen molar-refractivity contribution in [1.29, 1.82) is 0 Å². The van der Waals surface area contributed by atoms with E-state index in [-0.39, 0.29) is 11.8 Å². The average molecular weight is 452 g/mol. The lowest BCUT2D eigenvalue weighted by molar-refractivity contribution is 0.501. The minimum absolute atomic E-state index is 0.190. The van der Waals surface area contributed by atoms with Gasteiger partial charge in [0.1, 0.15) is 0 Å². The maximum Gasteiger partial charge on any atom is 0.677 e. The molecular formula is C29H27BF2N2. The van der Waals surface area contributed by atoms with Gasteiger partial charge < -0.3 is 4.48 Å². The Morgan fingerprint density at radius 3 is 2.03 bits per heavy atom. The Balaban J connectivity index is 1.59. The van der Waals surface area contributed by atoms with Crippen LogP contribution >= 0.6 is 0 Å². The maximum absolute atomic E-state index is 14.8. The molecule has 2 aromatic rings. The zero-order valence-corrected chi connectivity index (χ0v) is 19.6. The van der Waals surface area contributed by atoms with Gasteiger partial charge in [0.15, 0.2) is 0 Å². The molecule has 0 saturated carbocycles. The van der Waals surface area contributed by atoms with Crippen LogP contribution in [0.4, 0.5) is 8.63 Å². The van der Waals surface area contributed by atoms with Gasteiger partial charge in [-0.15, -0.1) is 0 Å². The highest BCUT2D eigenvalue weighted by molar-refractivity contribution is 6.41. The highest BCUT2D eigenvalue weighted by Gasteiger charge is 2.43. The number of halogens is 2. The summed E-state index contributed by atoms with van der Waals surface area (Å²) in [5.41, 5.74) is 10.1. The summed E-state index contributed by atoms with van der Waals surface area (Å²) in [7, 11) is -2.60. The normalized spacial score (nSPS) is 29.5. The average Bonchev–Trinajstić information content (AvgIpc) is 3.40. The predicted octanol–water partition coefficient (Wildman–Crippen LogP) is 7.23. The number of hydrogen-bond acceptors (Lipinski definition) is 1. The third kappa shape index (κ3) is 2.64. The molecule has 0 radical (unpaired) electrons. The Morgan fingerprint density at radius 2 is 1.41 bits per heavy atom. The molecule has 34 heavy (non-hydrogen) atoms. The molecule has 0 N–H and O–H groups in total. The number of rotatable bonds is 3. The second kappa shape index (κ2) is 7.28. The second-order valence-electron chi connectivity index (χ2n) is 10.4. The Hall–Kier alpha value is -2.95. The van der Waals surface area contributed by atoms with Crippen LogP contribution in [-0.2, 0) is 0 Å². The fraction of sp³-hybridized carbons (Fsp3) is 0.345. The topological polar surface area (TPSA) is 17.3 Å². The number of nitrogens with zero attached hydrogens (tertiary/aromatic N) is 2. The molecule has 7 aliphatic rings. The lowest BCUT2D eigenvalue weighted by atomic mass is 9.69. The summed E-state index contributed by atoms with van der Waals surface area (Å²) >= 11 is 0. The number of hydrogen-bond donors (Lipinski definition) is 0. The van der Waals surface area contributed by atoms with Gasteiger partial charge in [-0.05, 0) is 67.4 Å². The van der Waals surface area contributed by atoms with Gasteiger partial charge in [0.05, 0.1) is 5.70 Å². The van der Waals surface area contributed by atoms with Crippen LogP contribution in [0.15, 0.2) is 76.5 Å². The van der Waals surface area contributed by atoms with E-state index in [0.717, 1.165) is 59.4 Å². The zero-order valence-electron chi connectivity index (χ0n) is 19.6. The molecule has 2 heterocycles. The smallest absolute Gasteiger partial charge is 0.329 e. The second-order valence-corrected chi connectivity index (χ2v) is 10.4. The molecule has 6 aliphatic carbocycles. The van der Waals surface area contributed by atoms with E-state index in [0.29, 0.717) is 23.2 Å². The molecule has 4 bridgehead atoms. The van der Waals surface area contributed by atoms with E-state index in [9.17, 15) is 8.63 Å². The Bertz CT molecular complexity index is 1370. The molecule has 1 aromatic heterocycles. The van der Waals surface area contributed by atoms with Crippen LogP contribution in [0.25, 0.3) is 5.57 Å². The molecule has 2 nitrogen and oxygen atoms in total.